The summed E-state index contributed by atoms with van der Waals surface area (Å²) in [6, 6.07) is 3.62. The second-order valence-electron chi connectivity index (χ2n) is 4.48. The number of sulfonamides is 1. The zero-order valence-corrected chi connectivity index (χ0v) is 16.6. The first kappa shape index (κ1) is 20.4. The minimum atomic E-state index is -4.03. The number of ether oxygens (including phenoxy) is 2. The van der Waals surface area contributed by atoms with E-state index in [2.05, 4.69) is 24.4 Å². The number of nitrogens with one attached hydrogen (secondary N) is 1. The molecule has 2 rings (SSSR count). The molecular formula is C13H12ClN3O6S3. The van der Waals surface area contributed by atoms with E-state index in [9.17, 15) is 18.0 Å². The van der Waals surface area contributed by atoms with Crippen molar-refractivity contribution in [3.05, 3.63) is 28.8 Å². The third-order valence-electron chi connectivity index (χ3n) is 2.82. The number of anilines is 1. The molecule has 1 N–H and O–H groups in total. The van der Waals surface area contributed by atoms with Crippen LogP contribution in [0.3, 0.4) is 0 Å². The molecule has 0 amide bonds. The predicted molar refractivity (Wildman–Crippen MR) is 96.2 cm³/mol. The Morgan fingerprint density at radius 1 is 1.27 bits per heavy atom. The Morgan fingerprint density at radius 3 is 2.65 bits per heavy atom. The maximum absolute atomic E-state index is 12.4. The fourth-order valence-electron chi connectivity index (χ4n) is 1.60. The molecule has 9 nitrogen and oxygen atoms in total. The van der Waals surface area contributed by atoms with Crippen LogP contribution < -0.4 is 4.72 Å². The lowest BCUT2D eigenvalue weighted by Crippen LogP contribution is -2.14. The highest BCUT2D eigenvalue weighted by atomic mass is 35.5. The number of esters is 2. The number of hydrogen-bond donors (Lipinski definition) is 1. The number of halogens is 1. The van der Waals surface area contributed by atoms with E-state index in [0.717, 1.165) is 36.3 Å². The smallest absolute Gasteiger partial charge is 0.339 e. The van der Waals surface area contributed by atoms with Crippen molar-refractivity contribution in [2.75, 3.05) is 24.7 Å². The number of rotatable bonds is 7. The van der Waals surface area contributed by atoms with Gasteiger partial charge in [0.15, 0.2) is 4.34 Å². The Morgan fingerprint density at radius 2 is 2.00 bits per heavy atom. The summed E-state index contributed by atoms with van der Waals surface area (Å²) in [5, 5.41) is 7.55. The minimum absolute atomic E-state index is 0.00642. The van der Waals surface area contributed by atoms with Crippen LogP contribution in [-0.4, -0.2) is 50.5 Å². The van der Waals surface area contributed by atoms with E-state index >= 15 is 0 Å². The molecule has 26 heavy (non-hydrogen) atoms. The van der Waals surface area contributed by atoms with Gasteiger partial charge in [-0.05, 0) is 18.2 Å². The highest BCUT2D eigenvalue weighted by Gasteiger charge is 2.21. The van der Waals surface area contributed by atoms with Crippen molar-refractivity contribution in [2.24, 2.45) is 0 Å². The number of methoxy groups -OCH3 is 2. The van der Waals surface area contributed by atoms with Crippen LogP contribution in [0.25, 0.3) is 0 Å². The van der Waals surface area contributed by atoms with Crippen LogP contribution in [0.5, 0.6) is 0 Å². The fraction of sp³-hybridized carbons (Fsp3) is 0.231. The zero-order valence-electron chi connectivity index (χ0n) is 13.4. The lowest BCUT2D eigenvalue weighted by Gasteiger charge is -2.07. The van der Waals surface area contributed by atoms with E-state index in [0.29, 0.717) is 4.34 Å². The van der Waals surface area contributed by atoms with Gasteiger partial charge >= 0.3 is 11.9 Å². The van der Waals surface area contributed by atoms with Crippen molar-refractivity contribution in [2.45, 2.75) is 9.24 Å². The van der Waals surface area contributed by atoms with Crippen LogP contribution in [0.15, 0.2) is 27.4 Å². The van der Waals surface area contributed by atoms with Gasteiger partial charge in [-0.2, -0.15) is 0 Å². The molecule has 1 aromatic carbocycles. The van der Waals surface area contributed by atoms with Crippen molar-refractivity contribution in [1.29, 1.82) is 0 Å². The number of nitrogens with zero attached hydrogens (tertiary/aromatic N) is 2. The van der Waals surface area contributed by atoms with Gasteiger partial charge < -0.3 is 9.47 Å². The van der Waals surface area contributed by atoms with Gasteiger partial charge in [-0.1, -0.05) is 34.7 Å². The number of carbonyl (C=O) groups is 2. The van der Waals surface area contributed by atoms with Crippen LogP contribution in [0.4, 0.5) is 5.13 Å². The van der Waals surface area contributed by atoms with Crippen molar-refractivity contribution in [3.8, 4) is 0 Å². The average Bonchev–Trinajstić information content (AvgIpc) is 3.05. The SMILES string of the molecule is COC(=O)CSc1nnc(NS(=O)(=O)c2ccc(Cl)c(C(=O)OC)c2)s1. The summed E-state index contributed by atoms with van der Waals surface area (Å²) >= 11 is 7.89. The molecule has 13 heteroatoms. The van der Waals surface area contributed by atoms with Gasteiger partial charge in [-0.3, -0.25) is 9.52 Å². The molecule has 0 spiro atoms. The quantitative estimate of drug-likeness (QED) is 0.511. The zero-order chi connectivity index (χ0) is 19.3. The first-order valence-electron chi connectivity index (χ1n) is 6.70. The van der Waals surface area contributed by atoms with Crippen LogP contribution in [-0.2, 0) is 24.3 Å². The number of thioether (sulfide) groups is 1. The van der Waals surface area contributed by atoms with E-state index in [4.69, 9.17) is 11.6 Å². The normalized spacial score (nSPS) is 11.0. The summed E-state index contributed by atoms with van der Waals surface area (Å²) in [4.78, 5) is 22.5. The van der Waals surface area contributed by atoms with Gasteiger partial charge in [0.1, 0.15) is 0 Å². The molecule has 2 aromatic rings. The molecule has 0 fully saturated rings. The fourth-order valence-corrected chi connectivity index (χ4v) is 4.64. The minimum Gasteiger partial charge on any atom is -0.468 e. The third kappa shape index (κ3) is 5.06. The first-order chi connectivity index (χ1) is 12.3. The summed E-state index contributed by atoms with van der Waals surface area (Å²) < 4.78 is 36.6. The third-order valence-corrected chi connectivity index (χ3v) is 6.56. The van der Waals surface area contributed by atoms with Gasteiger partial charge in [-0.15, -0.1) is 10.2 Å². The van der Waals surface area contributed by atoms with Gasteiger partial charge in [0.2, 0.25) is 5.13 Å². The first-order valence-corrected chi connectivity index (χ1v) is 10.4. The van der Waals surface area contributed by atoms with Crippen LogP contribution in [0.2, 0.25) is 5.02 Å². The Hall–Kier alpha value is -1.89. The second-order valence-corrected chi connectivity index (χ2v) is 8.77. The monoisotopic (exact) mass is 437 g/mol. The van der Waals surface area contributed by atoms with Crippen molar-refractivity contribution in [1.82, 2.24) is 10.2 Å². The van der Waals surface area contributed by atoms with Crippen LogP contribution >= 0.6 is 34.7 Å². The summed E-state index contributed by atoms with van der Waals surface area (Å²) in [5.41, 5.74) is -0.0800. The van der Waals surface area contributed by atoms with E-state index in [1.807, 2.05) is 0 Å². The molecule has 0 aliphatic heterocycles. The standard InChI is InChI=1S/C13H12ClN3O6S3/c1-22-10(18)6-24-13-16-15-12(25-13)17-26(20,21)7-3-4-9(14)8(5-7)11(19)23-2/h3-5H,6H2,1-2H3,(H,15,17). The average molecular weight is 438 g/mol. The van der Waals surface area contributed by atoms with E-state index in [-0.39, 0.29) is 26.4 Å². The maximum atomic E-state index is 12.4. The van der Waals surface area contributed by atoms with Crippen molar-refractivity contribution < 1.29 is 27.5 Å². The molecule has 0 saturated carbocycles. The molecule has 0 bridgehead atoms. The molecule has 1 heterocycles. The van der Waals surface area contributed by atoms with E-state index in [1.165, 1.54) is 19.2 Å². The maximum Gasteiger partial charge on any atom is 0.339 e. The molecule has 0 atom stereocenters. The molecule has 140 valence electrons. The number of carbonyl (C=O) groups excluding carboxylic acids is 2. The number of benzene rings is 1. The number of hydrogen-bond acceptors (Lipinski definition) is 10. The molecule has 1 aromatic heterocycles. The Kier molecular flexibility index (Phi) is 6.81. The van der Waals surface area contributed by atoms with Gasteiger partial charge in [0.25, 0.3) is 10.0 Å². The van der Waals surface area contributed by atoms with Crippen LogP contribution in [0, 0.1) is 0 Å². The van der Waals surface area contributed by atoms with Gasteiger partial charge in [-0.25, -0.2) is 13.2 Å². The van der Waals surface area contributed by atoms with E-state index < -0.39 is 22.0 Å². The Labute approximate surface area is 162 Å². The van der Waals surface area contributed by atoms with Gasteiger partial charge in [0.05, 0.1) is 35.5 Å². The second kappa shape index (κ2) is 8.66. The van der Waals surface area contributed by atoms with E-state index in [1.54, 1.807) is 0 Å². The summed E-state index contributed by atoms with van der Waals surface area (Å²) in [5.74, 6) is -1.18. The van der Waals surface area contributed by atoms with Crippen molar-refractivity contribution >= 4 is 61.8 Å². The predicted octanol–water partition coefficient (Wildman–Crippen LogP) is 2.04. The summed E-state index contributed by atoms with van der Waals surface area (Å²) in [7, 11) is -1.61. The molecule has 0 saturated heterocycles. The Balaban J connectivity index is 2.18. The lowest BCUT2D eigenvalue weighted by atomic mass is 10.2. The molecule has 0 radical (unpaired) electrons. The highest BCUT2D eigenvalue weighted by molar-refractivity contribution is 8.01. The lowest BCUT2D eigenvalue weighted by molar-refractivity contribution is -0.137. The Bertz CT molecular complexity index is 931. The van der Waals surface area contributed by atoms with Crippen molar-refractivity contribution in [3.63, 3.8) is 0 Å². The largest absolute Gasteiger partial charge is 0.468 e. The summed E-state index contributed by atoms with van der Waals surface area (Å²) in [6.45, 7) is 0. The van der Waals surface area contributed by atoms with Crippen LogP contribution in [0.1, 0.15) is 10.4 Å². The number of aromatic nitrogens is 2. The molecular weight excluding hydrogens is 426 g/mol. The molecule has 0 aliphatic carbocycles. The highest BCUT2D eigenvalue weighted by Crippen LogP contribution is 2.28. The molecule has 0 unspecified atom stereocenters. The summed E-state index contributed by atoms with van der Waals surface area (Å²) in [6.07, 6.45) is 0. The molecule has 0 aliphatic rings. The van der Waals surface area contributed by atoms with Gasteiger partial charge in [0, 0.05) is 0 Å². The topological polar surface area (TPSA) is 125 Å².